The monoisotopic (exact) mass is 230 g/mol. The smallest absolute Gasteiger partial charge is 0.411 e. The molecule has 0 aromatic heterocycles. The number of hydrogen-bond donors (Lipinski definition) is 2. The molecule has 2 atom stereocenters. The van der Waals surface area contributed by atoms with Crippen molar-refractivity contribution >= 4 is 6.09 Å². The number of amides is 1. The van der Waals surface area contributed by atoms with Gasteiger partial charge in [-0.3, -0.25) is 4.90 Å². The molecular formula is C11H22N2O3. The average molecular weight is 230 g/mol. The van der Waals surface area contributed by atoms with Gasteiger partial charge in [-0.2, -0.15) is 0 Å². The minimum Gasteiger partial charge on any atom is -0.449 e. The molecule has 0 spiro atoms. The SMILES string of the molecule is CC(C)COC(=O)N1CC(CO)CCC1N. The minimum absolute atomic E-state index is 0.0979. The fourth-order valence-corrected chi connectivity index (χ4v) is 1.75. The molecule has 0 aliphatic carbocycles. The first-order valence-electron chi connectivity index (χ1n) is 5.84. The molecule has 2 unspecified atom stereocenters. The topological polar surface area (TPSA) is 75.8 Å². The number of rotatable bonds is 3. The number of likely N-dealkylation sites (tertiary alicyclic amines) is 1. The molecule has 1 amide bonds. The fourth-order valence-electron chi connectivity index (χ4n) is 1.75. The summed E-state index contributed by atoms with van der Waals surface area (Å²) in [6.45, 7) is 4.97. The number of nitrogens with two attached hydrogens (primary N) is 1. The normalized spacial score (nSPS) is 25.9. The van der Waals surface area contributed by atoms with E-state index >= 15 is 0 Å². The van der Waals surface area contributed by atoms with Gasteiger partial charge in [0.1, 0.15) is 0 Å². The second-order valence-electron chi connectivity index (χ2n) is 4.82. The summed E-state index contributed by atoms with van der Waals surface area (Å²) in [5.41, 5.74) is 5.85. The van der Waals surface area contributed by atoms with Crippen molar-refractivity contribution in [2.45, 2.75) is 32.9 Å². The van der Waals surface area contributed by atoms with Crippen LogP contribution in [0.1, 0.15) is 26.7 Å². The molecule has 3 N–H and O–H groups in total. The Hall–Kier alpha value is -0.810. The number of aliphatic hydroxyl groups excluding tert-OH is 1. The summed E-state index contributed by atoms with van der Waals surface area (Å²) in [6.07, 6.45) is 0.954. The van der Waals surface area contributed by atoms with Gasteiger partial charge < -0.3 is 15.6 Å². The highest BCUT2D eigenvalue weighted by Gasteiger charge is 2.30. The zero-order chi connectivity index (χ0) is 12.1. The van der Waals surface area contributed by atoms with E-state index in [4.69, 9.17) is 15.6 Å². The van der Waals surface area contributed by atoms with E-state index < -0.39 is 0 Å². The van der Waals surface area contributed by atoms with E-state index in [2.05, 4.69) is 0 Å². The van der Waals surface area contributed by atoms with Crippen molar-refractivity contribution in [3.05, 3.63) is 0 Å². The van der Waals surface area contributed by atoms with E-state index in [9.17, 15) is 4.79 Å². The summed E-state index contributed by atoms with van der Waals surface area (Å²) in [6, 6.07) is 0. The third-order valence-corrected chi connectivity index (χ3v) is 2.76. The maximum atomic E-state index is 11.7. The van der Waals surface area contributed by atoms with Crippen LogP contribution in [-0.4, -0.2) is 42.0 Å². The van der Waals surface area contributed by atoms with Crippen LogP contribution in [-0.2, 0) is 4.74 Å². The van der Waals surface area contributed by atoms with Gasteiger partial charge in [-0.05, 0) is 24.7 Å². The third-order valence-electron chi connectivity index (χ3n) is 2.76. The van der Waals surface area contributed by atoms with Crippen LogP contribution in [0.15, 0.2) is 0 Å². The first-order valence-corrected chi connectivity index (χ1v) is 5.84. The van der Waals surface area contributed by atoms with Crippen molar-refractivity contribution in [1.82, 2.24) is 4.90 Å². The molecule has 1 fully saturated rings. The summed E-state index contributed by atoms with van der Waals surface area (Å²) in [5, 5.41) is 9.08. The predicted molar refractivity (Wildman–Crippen MR) is 60.7 cm³/mol. The number of piperidine rings is 1. The molecule has 0 bridgehead atoms. The molecule has 1 aliphatic heterocycles. The molecule has 5 heteroatoms. The van der Waals surface area contributed by atoms with Gasteiger partial charge in [0.05, 0.1) is 12.8 Å². The third kappa shape index (κ3) is 3.64. The summed E-state index contributed by atoms with van der Waals surface area (Å²) < 4.78 is 5.13. The number of nitrogens with zero attached hydrogens (tertiary/aromatic N) is 1. The van der Waals surface area contributed by atoms with Crippen LogP contribution in [0.25, 0.3) is 0 Å². The van der Waals surface area contributed by atoms with Gasteiger partial charge in [0.2, 0.25) is 0 Å². The molecule has 0 saturated carbocycles. The highest BCUT2D eigenvalue weighted by Crippen LogP contribution is 2.19. The molecule has 5 nitrogen and oxygen atoms in total. The lowest BCUT2D eigenvalue weighted by molar-refractivity contribution is 0.0432. The molecule has 0 radical (unpaired) electrons. The van der Waals surface area contributed by atoms with Crippen LogP contribution in [0.5, 0.6) is 0 Å². The molecule has 1 heterocycles. The summed E-state index contributed by atoms with van der Waals surface area (Å²) in [7, 11) is 0. The summed E-state index contributed by atoms with van der Waals surface area (Å²) >= 11 is 0. The van der Waals surface area contributed by atoms with Gasteiger partial charge in [0.25, 0.3) is 0 Å². The highest BCUT2D eigenvalue weighted by atomic mass is 16.6. The second kappa shape index (κ2) is 6.06. The molecule has 94 valence electrons. The second-order valence-corrected chi connectivity index (χ2v) is 4.82. The Morgan fingerprint density at radius 1 is 1.56 bits per heavy atom. The van der Waals surface area contributed by atoms with E-state index in [0.29, 0.717) is 19.1 Å². The Morgan fingerprint density at radius 3 is 2.81 bits per heavy atom. The van der Waals surface area contributed by atoms with Gasteiger partial charge in [0.15, 0.2) is 0 Å². The highest BCUT2D eigenvalue weighted by molar-refractivity contribution is 5.68. The molecule has 0 aromatic rings. The van der Waals surface area contributed by atoms with Crippen molar-refractivity contribution in [2.24, 2.45) is 17.6 Å². The Kier molecular flexibility index (Phi) is 5.02. The molecule has 0 aromatic carbocycles. The lowest BCUT2D eigenvalue weighted by Gasteiger charge is -2.36. The first-order chi connectivity index (χ1) is 7.54. The van der Waals surface area contributed by atoms with Gasteiger partial charge in [-0.1, -0.05) is 13.8 Å². The van der Waals surface area contributed by atoms with Crippen molar-refractivity contribution in [1.29, 1.82) is 0 Å². The predicted octanol–water partition coefficient (Wildman–Crippen LogP) is 0.768. The van der Waals surface area contributed by atoms with E-state index in [-0.39, 0.29) is 24.8 Å². The first kappa shape index (κ1) is 13.3. The minimum atomic E-state index is -0.362. The summed E-state index contributed by atoms with van der Waals surface area (Å²) in [5.74, 6) is 0.449. The lowest BCUT2D eigenvalue weighted by Crippen LogP contribution is -2.52. The van der Waals surface area contributed by atoms with Crippen LogP contribution >= 0.6 is 0 Å². The molecule has 16 heavy (non-hydrogen) atoms. The van der Waals surface area contributed by atoms with Gasteiger partial charge in [-0.25, -0.2) is 4.79 Å². The maximum Gasteiger partial charge on any atom is 0.411 e. The standard InChI is InChI=1S/C11H22N2O3/c1-8(2)7-16-11(15)13-5-9(6-14)3-4-10(13)12/h8-10,14H,3-7,12H2,1-2H3. The number of ether oxygens (including phenoxy) is 1. The Bertz CT molecular complexity index is 233. The van der Waals surface area contributed by atoms with Gasteiger partial charge in [0, 0.05) is 13.2 Å². The van der Waals surface area contributed by atoms with Crippen molar-refractivity contribution < 1.29 is 14.6 Å². The lowest BCUT2D eigenvalue weighted by atomic mass is 9.97. The number of carbonyl (C=O) groups excluding carboxylic acids is 1. The van der Waals surface area contributed by atoms with Crippen LogP contribution < -0.4 is 5.73 Å². The van der Waals surface area contributed by atoms with Crippen LogP contribution in [0.3, 0.4) is 0 Å². The van der Waals surface area contributed by atoms with Crippen LogP contribution in [0.2, 0.25) is 0 Å². The summed E-state index contributed by atoms with van der Waals surface area (Å²) in [4.78, 5) is 13.2. The maximum absolute atomic E-state index is 11.7. The van der Waals surface area contributed by atoms with Crippen molar-refractivity contribution in [2.75, 3.05) is 19.8 Å². The fraction of sp³-hybridized carbons (Fsp3) is 0.909. The Balaban J connectivity index is 2.45. The molecular weight excluding hydrogens is 208 g/mol. The van der Waals surface area contributed by atoms with Crippen molar-refractivity contribution in [3.8, 4) is 0 Å². The van der Waals surface area contributed by atoms with E-state index in [0.717, 1.165) is 12.8 Å². The average Bonchev–Trinajstić information content (AvgIpc) is 2.26. The molecule has 1 rings (SSSR count). The number of carbonyl (C=O) groups is 1. The van der Waals surface area contributed by atoms with E-state index in [1.165, 1.54) is 4.90 Å². The van der Waals surface area contributed by atoms with E-state index in [1.54, 1.807) is 0 Å². The molecule has 1 aliphatic rings. The van der Waals surface area contributed by atoms with Gasteiger partial charge in [-0.15, -0.1) is 0 Å². The van der Waals surface area contributed by atoms with Crippen LogP contribution in [0, 0.1) is 11.8 Å². The number of aliphatic hydroxyl groups is 1. The number of hydrogen-bond acceptors (Lipinski definition) is 4. The van der Waals surface area contributed by atoms with Crippen molar-refractivity contribution in [3.63, 3.8) is 0 Å². The van der Waals surface area contributed by atoms with Crippen LogP contribution in [0.4, 0.5) is 4.79 Å². The Morgan fingerprint density at radius 2 is 2.25 bits per heavy atom. The van der Waals surface area contributed by atoms with E-state index in [1.807, 2.05) is 13.8 Å². The quantitative estimate of drug-likeness (QED) is 0.751. The zero-order valence-corrected chi connectivity index (χ0v) is 10.1. The Labute approximate surface area is 96.6 Å². The van der Waals surface area contributed by atoms with Gasteiger partial charge >= 0.3 is 6.09 Å². The zero-order valence-electron chi connectivity index (χ0n) is 10.1. The largest absolute Gasteiger partial charge is 0.449 e. The molecule has 1 saturated heterocycles.